The summed E-state index contributed by atoms with van der Waals surface area (Å²) in [4.78, 5) is 15.1. The molecule has 0 saturated carbocycles. The summed E-state index contributed by atoms with van der Waals surface area (Å²) in [6.07, 6.45) is 1.86. The number of aromatic nitrogens is 1. The molecule has 4 nitrogen and oxygen atoms in total. The molecular formula is C17H26N2O2Si. The van der Waals surface area contributed by atoms with Crippen LogP contribution in [0.15, 0.2) is 30.5 Å². The Bertz CT molecular complexity index is 671. The van der Waals surface area contributed by atoms with Crippen LogP contribution in [0.25, 0.3) is 10.9 Å². The van der Waals surface area contributed by atoms with Gasteiger partial charge in [-0.3, -0.25) is 4.79 Å². The number of H-pyrrole nitrogens is 1. The lowest BCUT2D eigenvalue weighted by Gasteiger charge is -2.38. The molecule has 0 spiro atoms. The molecule has 1 atom stereocenters. The summed E-state index contributed by atoms with van der Waals surface area (Å²) in [7, 11) is -2.04. The minimum Gasteiger partial charge on any atom is -0.405 e. The van der Waals surface area contributed by atoms with Gasteiger partial charge < -0.3 is 15.1 Å². The van der Waals surface area contributed by atoms with Crippen molar-refractivity contribution in [2.45, 2.75) is 51.4 Å². The van der Waals surface area contributed by atoms with Crippen molar-refractivity contribution in [3.05, 3.63) is 36.0 Å². The van der Waals surface area contributed by atoms with Gasteiger partial charge in [0, 0.05) is 23.5 Å². The molecule has 0 fully saturated rings. The van der Waals surface area contributed by atoms with Crippen LogP contribution in [-0.2, 0) is 15.6 Å². The Morgan fingerprint density at radius 3 is 2.55 bits per heavy atom. The van der Waals surface area contributed by atoms with E-state index >= 15 is 0 Å². The minimum atomic E-state index is -2.04. The first-order chi connectivity index (χ1) is 10.1. The van der Waals surface area contributed by atoms with Crippen molar-refractivity contribution in [2.75, 3.05) is 0 Å². The van der Waals surface area contributed by atoms with Crippen LogP contribution in [0.1, 0.15) is 26.3 Å². The maximum absolute atomic E-state index is 11.9. The van der Waals surface area contributed by atoms with Gasteiger partial charge in [-0.05, 0) is 29.8 Å². The van der Waals surface area contributed by atoms with Crippen LogP contribution in [-0.4, -0.2) is 25.3 Å². The number of fused-ring (bicyclic) bond motifs is 1. The van der Waals surface area contributed by atoms with Gasteiger partial charge in [0.1, 0.15) is 6.10 Å². The van der Waals surface area contributed by atoms with Gasteiger partial charge >= 0.3 is 0 Å². The first kappa shape index (κ1) is 16.8. The van der Waals surface area contributed by atoms with E-state index in [1.165, 1.54) is 0 Å². The molecule has 0 bridgehead atoms. The average Bonchev–Trinajstić information content (AvgIpc) is 2.80. The Morgan fingerprint density at radius 1 is 1.32 bits per heavy atom. The largest absolute Gasteiger partial charge is 0.405 e. The second-order valence-electron chi connectivity index (χ2n) is 7.33. The van der Waals surface area contributed by atoms with Crippen LogP contribution in [0.4, 0.5) is 0 Å². The van der Waals surface area contributed by atoms with Gasteiger partial charge in [-0.1, -0.05) is 39.0 Å². The molecule has 2 aromatic rings. The number of hydrogen-bond acceptors (Lipinski definition) is 2. The normalized spacial score (nSPS) is 14.2. The number of benzene rings is 1. The summed E-state index contributed by atoms with van der Waals surface area (Å²) >= 11 is 0. The van der Waals surface area contributed by atoms with E-state index in [0.717, 1.165) is 16.5 Å². The first-order valence-corrected chi connectivity index (χ1v) is 10.5. The summed E-state index contributed by atoms with van der Waals surface area (Å²) < 4.78 is 6.24. The number of carbonyl (C=O) groups is 1. The summed E-state index contributed by atoms with van der Waals surface area (Å²) in [5.41, 5.74) is 7.73. The number of hydrogen-bond donors (Lipinski definition) is 2. The highest BCUT2D eigenvalue weighted by Crippen LogP contribution is 2.37. The van der Waals surface area contributed by atoms with E-state index in [1.807, 2.05) is 30.5 Å². The Morgan fingerprint density at radius 2 is 1.95 bits per heavy atom. The lowest BCUT2D eigenvalue weighted by molar-refractivity contribution is -0.125. The van der Waals surface area contributed by atoms with Crippen molar-refractivity contribution >= 4 is 25.1 Å². The molecule has 120 valence electrons. The summed E-state index contributed by atoms with van der Waals surface area (Å²) in [6, 6.07) is 8.05. The van der Waals surface area contributed by atoms with Crippen LogP contribution in [0.3, 0.4) is 0 Å². The fourth-order valence-corrected chi connectivity index (χ4v) is 3.50. The Balaban J connectivity index is 2.25. The molecule has 0 radical (unpaired) electrons. The van der Waals surface area contributed by atoms with Gasteiger partial charge in [0.05, 0.1) is 0 Å². The third kappa shape index (κ3) is 3.42. The molecule has 0 aliphatic rings. The van der Waals surface area contributed by atoms with Crippen LogP contribution in [0.2, 0.25) is 18.1 Å². The molecule has 0 aliphatic carbocycles. The highest BCUT2D eigenvalue weighted by molar-refractivity contribution is 6.74. The molecule has 1 aromatic heterocycles. The quantitative estimate of drug-likeness (QED) is 0.827. The summed E-state index contributed by atoms with van der Waals surface area (Å²) in [5.74, 6) is -0.393. The van der Waals surface area contributed by atoms with E-state index < -0.39 is 20.3 Å². The Labute approximate surface area is 133 Å². The molecular weight excluding hydrogens is 292 g/mol. The number of amides is 1. The molecule has 0 saturated heterocycles. The highest BCUT2D eigenvalue weighted by atomic mass is 28.4. The second-order valence-corrected chi connectivity index (χ2v) is 12.1. The predicted molar refractivity (Wildman–Crippen MR) is 93.3 cm³/mol. The van der Waals surface area contributed by atoms with E-state index in [0.29, 0.717) is 6.42 Å². The highest BCUT2D eigenvalue weighted by Gasteiger charge is 2.40. The van der Waals surface area contributed by atoms with Crippen LogP contribution < -0.4 is 5.73 Å². The zero-order chi connectivity index (χ0) is 16.5. The van der Waals surface area contributed by atoms with E-state index in [4.69, 9.17) is 10.2 Å². The standard InChI is InChI=1S/C17H26N2O2Si/c1-17(2,3)22(4,5)21-15(16(18)20)10-12-11-19-14-9-7-6-8-13(12)14/h6-9,11,15,19H,10H2,1-5H3,(H2,18,20). The van der Waals surface area contributed by atoms with Crippen molar-refractivity contribution in [3.63, 3.8) is 0 Å². The average molecular weight is 318 g/mol. The predicted octanol–water partition coefficient (Wildman–Crippen LogP) is 3.59. The molecule has 1 heterocycles. The molecule has 0 aliphatic heterocycles. The summed E-state index contributed by atoms with van der Waals surface area (Å²) in [6.45, 7) is 10.7. The maximum atomic E-state index is 11.9. The maximum Gasteiger partial charge on any atom is 0.245 e. The van der Waals surface area contributed by atoms with Crippen LogP contribution in [0.5, 0.6) is 0 Å². The van der Waals surface area contributed by atoms with Crippen molar-refractivity contribution in [2.24, 2.45) is 5.73 Å². The molecule has 1 unspecified atom stereocenters. The lowest BCUT2D eigenvalue weighted by Crippen LogP contribution is -2.48. The second kappa shape index (κ2) is 5.89. The van der Waals surface area contributed by atoms with E-state index in [-0.39, 0.29) is 5.04 Å². The van der Waals surface area contributed by atoms with Gasteiger partial charge in [-0.2, -0.15) is 0 Å². The number of para-hydroxylation sites is 1. The van der Waals surface area contributed by atoms with Crippen LogP contribution in [0, 0.1) is 0 Å². The fraction of sp³-hybridized carbons (Fsp3) is 0.471. The third-order valence-electron chi connectivity index (χ3n) is 4.64. The van der Waals surface area contributed by atoms with Crippen molar-refractivity contribution in [1.82, 2.24) is 4.98 Å². The van der Waals surface area contributed by atoms with Gasteiger partial charge in [-0.25, -0.2) is 0 Å². The van der Waals surface area contributed by atoms with Gasteiger partial charge in [0.2, 0.25) is 5.91 Å². The molecule has 22 heavy (non-hydrogen) atoms. The number of carbonyl (C=O) groups excluding carboxylic acids is 1. The molecule has 1 aromatic carbocycles. The molecule has 3 N–H and O–H groups in total. The van der Waals surface area contributed by atoms with E-state index in [1.54, 1.807) is 0 Å². The topological polar surface area (TPSA) is 68.1 Å². The SMILES string of the molecule is CC(C)(C)[Si](C)(C)OC(Cc1c[nH]c2ccccc12)C(N)=O. The first-order valence-electron chi connectivity index (χ1n) is 7.64. The van der Waals surface area contributed by atoms with Crippen molar-refractivity contribution < 1.29 is 9.22 Å². The number of rotatable bonds is 5. The minimum absolute atomic E-state index is 0.0426. The van der Waals surface area contributed by atoms with Crippen molar-refractivity contribution in [3.8, 4) is 0 Å². The van der Waals surface area contributed by atoms with Gasteiger partial charge in [0.15, 0.2) is 8.32 Å². The van der Waals surface area contributed by atoms with E-state index in [9.17, 15) is 4.79 Å². The monoisotopic (exact) mass is 318 g/mol. The van der Waals surface area contributed by atoms with Gasteiger partial charge in [0.25, 0.3) is 0 Å². The number of nitrogens with one attached hydrogen (secondary N) is 1. The number of aromatic amines is 1. The van der Waals surface area contributed by atoms with E-state index in [2.05, 4.69) is 38.8 Å². The summed E-state index contributed by atoms with van der Waals surface area (Å²) in [5, 5.41) is 1.16. The molecule has 1 amide bonds. The number of primary amides is 1. The lowest BCUT2D eigenvalue weighted by atomic mass is 10.1. The van der Waals surface area contributed by atoms with Crippen molar-refractivity contribution in [1.29, 1.82) is 0 Å². The van der Waals surface area contributed by atoms with Gasteiger partial charge in [-0.15, -0.1) is 0 Å². The zero-order valence-electron chi connectivity index (χ0n) is 14.1. The van der Waals surface area contributed by atoms with Crippen LogP contribution >= 0.6 is 0 Å². The Hall–Kier alpha value is -1.59. The Kier molecular flexibility index (Phi) is 4.49. The third-order valence-corrected chi connectivity index (χ3v) is 9.13. The molecule has 5 heteroatoms. The number of nitrogens with two attached hydrogens (primary N) is 1. The molecule has 2 rings (SSSR count). The fourth-order valence-electron chi connectivity index (χ4n) is 2.23. The zero-order valence-corrected chi connectivity index (χ0v) is 15.1. The smallest absolute Gasteiger partial charge is 0.245 e.